The Morgan fingerprint density at radius 2 is 2.04 bits per heavy atom. The number of piperidine rings is 1. The highest BCUT2D eigenvalue weighted by Crippen LogP contribution is 2.27. The van der Waals surface area contributed by atoms with Crippen molar-refractivity contribution < 1.29 is 18.3 Å². The summed E-state index contributed by atoms with van der Waals surface area (Å²) < 4.78 is 29.4. The van der Waals surface area contributed by atoms with Crippen LogP contribution in [0.25, 0.3) is 0 Å². The molecule has 0 saturated carbocycles. The van der Waals surface area contributed by atoms with Gasteiger partial charge in [-0.3, -0.25) is 4.79 Å². The smallest absolute Gasteiger partial charge is 0.387 e. The molecule has 1 aliphatic rings. The first-order valence-electron chi connectivity index (χ1n) is 7.52. The van der Waals surface area contributed by atoms with E-state index in [9.17, 15) is 13.6 Å². The van der Waals surface area contributed by atoms with Crippen LogP contribution in [-0.4, -0.2) is 24.6 Å². The van der Waals surface area contributed by atoms with Gasteiger partial charge in [-0.2, -0.15) is 8.78 Å². The van der Waals surface area contributed by atoms with E-state index in [0.29, 0.717) is 5.56 Å². The molecular formula is C16H23ClF2N2O2. The van der Waals surface area contributed by atoms with Crippen LogP contribution in [0.15, 0.2) is 24.3 Å². The highest BCUT2D eigenvalue weighted by molar-refractivity contribution is 5.86. The molecule has 0 spiro atoms. The molecule has 2 atom stereocenters. The van der Waals surface area contributed by atoms with E-state index in [-0.39, 0.29) is 24.1 Å². The van der Waals surface area contributed by atoms with Gasteiger partial charge in [0.2, 0.25) is 5.91 Å². The summed E-state index contributed by atoms with van der Waals surface area (Å²) >= 11 is 0. The van der Waals surface area contributed by atoms with E-state index < -0.39 is 18.2 Å². The van der Waals surface area contributed by atoms with Crippen LogP contribution in [0.4, 0.5) is 8.78 Å². The number of carbonyl (C=O) groups is 1. The first kappa shape index (κ1) is 19.6. The lowest BCUT2D eigenvalue weighted by Crippen LogP contribution is -2.57. The van der Waals surface area contributed by atoms with Crippen LogP contribution < -0.4 is 15.4 Å². The largest absolute Gasteiger partial charge is 0.434 e. The molecule has 1 fully saturated rings. The third-order valence-corrected chi connectivity index (χ3v) is 4.07. The maximum Gasteiger partial charge on any atom is 0.387 e. The number of carbonyl (C=O) groups excluding carboxylic acids is 1. The van der Waals surface area contributed by atoms with Crippen molar-refractivity contribution in [3.8, 4) is 5.75 Å². The number of hydrogen-bond donors (Lipinski definition) is 2. The van der Waals surface area contributed by atoms with Crippen LogP contribution in [0.1, 0.15) is 44.7 Å². The molecule has 0 bridgehead atoms. The monoisotopic (exact) mass is 348 g/mol. The van der Waals surface area contributed by atoms with Gasteiger partial charge in [-0.1, -0.05) is 18.2 Å². The van der Waals surface area contributed by atoms with E-state index >= 15 is 0 Å². The number of amides is 1. The number of ether oxygens (including phenoxy) is 1. The Morgan fingerprint density at radius 3 is 2.65 bits per heavy atom. The van der Waals surface area contributed by atoms with Crippen molar-refractivity contribution >= 4 is 18.3 Å². The zero-order valence-electron chi connectivity index (χ0n) is 13.3. The van der Waals surface area contributed by atoms with Crippen molar-refractivity contribution in [2.24, 2.45) is 0 Å². The number of alkyl halides is 2. The molecule has 0 aromatic heterocycles. The lowest BCUT2D eigenvalue weighted by molar-refractivity contribution is -0.128. The van der Waals surface area contributed by atoms with Crippen LogP contribution in [0.3, 0.4) is 0 Å². The molecule has 1 aliphatic heterocycles. The Kier molecular flexibility index (Phi) is 7.22. The highest BCUT2D eigenvalue weighted by atomic mass is 35.5. The minimum Gasteiger partial charge on any atom is -0.434 e. The summed E-state index contributed by atoms with van der Waals surface area (Å²) in [5.74, 6) is -0.0291. The standard InChI is InChI=1S/C16H22F2N2O2.ClH/c1-11(12-7-3-4-8-13(12)22-15(17)18)20-14(21)16(2)9-5-6-10-19-16;/h3-4,7-8,11,15,19H,5-6,9-10H2,1-2H3,(H,20,21);1H. The molecular weight excluding hydrogens is 326 g/mol. The average molecular weight is 349 g/mol. The molecule has 2 rings (SSSR count). The van der Waals surface area contributed by atoms with Crippen LogP contribution in [-0.2, 0) is 4.79 Å². The summed E-state index contributed by atoms with van der Waals surface area (Å²) in [5, 5.41) is 6.13. The fourth-order valence-corrected chi connectivity index (χ4v) is 2.73. The Balaban J connectivity index is 0.00000264. The van der Waals surface area contributed by atoms with Crippen molar-refractivity contribution in [1.82, 2.24) is 10.6 Å². The van der Waals surface area contributed by atoms with Gasteiger partial charge in [-0.05, 0) is 45.7 Å². The predicted octanol–water partition coefficient (Wildman–Crippen LogP) is 3.42. The molecule has 2 unspecified atom stereocenters. The molecule has 1 aromatic carbocycles. The zero-order valence-corrected chi connectivity index (χ0v) is 14.1. The summed E-state index contributed by atoms with van der Waals surface area (Å²) in [4.78, 5) is 12.5. The van der Waals surface area contributed by atoms with Crippen LogP contribution in [0.5, 0.6) is 5.75 Å². The third kappa shape index (κ3) is 5.04. The normalized spacial score (nSPS) is 22.1. The molecule has 0 radical (unpaired) electrons. The Bertz CT molecular complexity index is 523. The van der Waals surface area contributed by atoms with E-state index in [2.05, 4.69) is 15.4 Å². The first-order valence-corrected chi connectivity index (χ1v) is 7.52. The fourth-order valence-electron chi connectivity index (χ4n) is 2.73. The van der Waals surface area contributed by atoms with Gasteiger partial charge in [0.05, 0.1) is 11.6 Å². The van der Waals surface area contributed by atoms with Crippen molar-refractivity contribution in [3.05, 3.63) is 29.8 Å². The van der Waals surface area contributed by atoms with Crippen LogP contribution >= 0.6 is 12.4 Å². The molecule has 7 heteroatoms. The van der Waals surface area contributed by atoms with E-state index in [1.54, 1.807) is 25.1 Å². The maximum atomic E-state index is 12.5. The number of hydrogen-bond acceptors (Lipinski definition) is 3. The molecule has 2 N–H and O–H groups in total. The van der Waals surface area contributed by atoms with Gasteiger partial charge in [0, 0.05) is 5.56 Å². The highest BCUT2D eigenvalue weighted by Gasteiger charge is 2.35. The molecule has 4 nitrogen and oxygen atoms in total. The van der Waals surface area contributed by atoms with Crippen molar-refractivity contribution in [3.63, 3.8) is 0 Å². The van der Waals surface area contributed by atoms with E-state index in [4.69, 9.17) is 0 Å². The molecule has 1 saturated heterocycles. The molecule has 0 aliphatic carbocycles. The van der Waals surface area contributed by atoms with E-state index in [1.807, 2.05) is 6.92 Å². The minimum absolute atomic E-state index is 0. The second kappa shape index (κ2) is 8.45. The van der Waals surface area contributed by atoms with Crippen molar-refractivity contribution in [2.45, 2.75) is 51.3 Å². The van der Waals surface area contributed by atoms with Gasteiger partial charge in [0.1, 0.15) is 5.75 Å². The summed E-state index contributed by atoms with van der Waals surface area (Å²) in [6.07, 6.45) is 2.82. The van der Waals surface area contributed by atoms with Crippen molar-refractivity contribution in [1.29, 1.82) is 0 Å². The summed E-state index contributed by atoms with van der Waals surface area (Å²) in [7, 11) is 0. The van der Waals surface area contributed by atoms with Gasteiger partial charge in [-0.15, -0.1) is 12.4 Å². The van der Waals surface area contributed by atoms with Crippen molar-refractivity contribution in [2.75, 3.05) is 6.54 Å². The molecule has 1 heterocycles. The number of nitrogens with one attached hydrogen (secondary N) is 2. The molecule has 1 aromatic rings. The maximum absolute atomic E-state index is 12.5. The average Bonchev–Trinajstić information content (AvgIpc) is 2.47. The summed E-state index contributed by atoms with van der Waals surface area (Å²) in [5.41, 5.74) is -0.0686. The molecule has 23 heavy (non-hydrogen) atoms. The predicted molar refractivity (Wildman–Crippen MR) is 87.1 cm³/mol. The van der Waals surface area contributed by atoms with Gasteiger partial charge in [-0.25, -0.2) is 0 Å². The van der Waals surface area contributed by atoms with E-state index in [0.717, 1.165) is 25.8 Å². The molecule has 130 valence electrons. The van der Waals surface area contributed by atoms with Crippen LogP contribution in [0.2, 0.25) is 0 Å². The topological polar surface area (TPSA) is 50.4 Å². The quantitative estimate of drug-likeness (QED) is 0.857. The SMILES string of the molecule is CC(NC(=O)C1(C)CCCCN1)c1ccccc1OC(F)F.Cl. The van der Waals surface area contributed by atoms with E-state index in [1.165, 1.54) is 6.07 Å². The van der Waals surface area contributed by atoms with Gasteiger partial charge in [0.25, 0.3) is 0 Å². The van der Waals surface area contributed by atoms with Crippen LogP contribution in [0, 0.1) is 0 Å². The Labute approximate surface area is 141 Å². The van der Waals surface area contributed by atoms with Gasteiger partial charge in [0.15, 0.2) is 0 Å². The number of rotatable bonds is 5. The number of para-hydroxylation sites is 1. The zero-order chi connectivity index (χ0) is 16.2. The fraction of sp³-hybridized carbons (Fsp3) is 0.562. The number of benzene rings is 1. The lowest BCUT2D eigenvalue weighted by Gasteiger charge is -2.34. The third-order valence-electron chi connectivity index (χ3n) is 4.07. The second-order valence-electron chi connectivity index (χ2n) is 5.83. The summed E-state index contributed by atoms with van der Waals surface area (Å²) in [6.45, 7) is 1.55. The lowest BCUT2D eigenvalue weighted by atomic mass is 9.89. The first-order chi connectivity index (χ1) is 10.4. The Morgan fingerprint density at radius 1 is 1.35 bits per heavy atom. The summed E-state index contributed by atoms with van der Waals surface area (Å²) in [6, 6.07) is 6.10. The Hall–Kier alpha value is -1.40. The van der Waals surface area contributed by atoms with Gasteiger partial charge < -0.3 is 15.4 Å². The number of halogens is 3. The van der Waals surface area contributed by atoms with Gasteiger partial charge >= 0.3 is 6.61 Å². The minimum atomic E-state index is -2.89. The molecule has 1 amide bonds. The second-order valence-corrected chi connectivity index (χ2v) is 5.83.